The average molecular weight is 311 g/mol. The summed E-state index contributed by atoms with van der Waals surface area (Å²) in [5, 5.41) is 12.0. The monoisotopic (exact) mass is 310 g/mol. The molecule has 0 N–H and O–H groups in total. The van der Waals surface area contributed by atoms with E-state index in [4.69, 9.17) is 0 Å². The van der Waals surface area contributed by atoms with Crippen LogP contribution in [-0.4, -0.2) is 49.3 Å². The van der Waals surface area contributed by atoms with Gasteiger partial charge in [0.15, 0.2) is 0 Å². The van der Waals surface area contributed by atoms with Gasteiger partial charge in [0, 0.05) is 44.5 Å². The van der Waals surface area contributed by atoms with Crippen LogP contribution in [0.5, 0.6) is 0 Å². The molecule has 3 rings (SSSR count). The van der Waals surface area contributed by atoms with E-state index in [2.05, 4.69) is 36.2 Å². The lowest BCUT2D eigenvalue weighted by Crippen LogP contribution is -2.49. The first kappa shape index (κ1) is 11.9. The van der Waals surface area contributed by atoms with E-state index in [0.717, 1.165) is 37.2 Å². The molecule has 0 aliphatic carbocycles. The second-order valence-electron chi connectivity index (χ2n) is 4.67. The Morgan fingerprint density at radius 3 is 2.83 bits per heavy atom. The normalized spacial score (nSPS) is 16.9. The smallest absolute Gasteiger partial charge is 0.0692 e. The lowest BCUT2D eigenvalue weighted by molar-refractivity contribution is 0.0803. The van der Waals surface area contributed by atoms with Crippen LogP contribution in [-0.2, 0) is 13.1 Å². The number of nitrogens with zero attached hydrogens (tertiary/aromatic N) is 6. The van der Waals surface area contributed by atoms with E-state index in [0.29, 0.717) is 5.92 Å². The molecule has 0 radical (unpaired) electrons. The van der Waals surface area contributed by atoms with Crippen LogP contribution < -0.4 is 0 Å². The third-order valence-corrected chi connectivity index (χ3v) is 3.61. The van der Waals surface area contributed by atoms with E-state index in [9.17, 15) is 0 Å². The molecule has 0 saturated carbocycles. The van der Waals surface area contributed by atoms with Crippen molar-refractivity contribution in [3.8, 4) is 0 Å². The number of halogens is 1. The molecule has 6 nitrogen and oxygen atoms in total. The van der Waals surface area contributed by atoms with Crippen LogP contribution in [0.2, 0.25) is 0 Å². The van der Waals surface area contributed by atoms with Gasteiger partial charge in [-0.2, -0.15) is 5.10 Å². The van der Waals surface area contributed by atoms with E-state index < -0.39 is 0 Å². The maximum absolute atomic E-state index is 4.28. The zero-order valence-electron chi connectivity index (χ0n) is 9.98. The van der Waals surface area contributed by atoms with E-state index >= 15 is 0 Å². The molecule has 1 fully saturated rings. The zero-order valence-corrected chi connectivity index (χ0v) is 11.6. The van der Waals surface area contributed by atoms with Crippen LogP contribution in [0.25, 0.3) is 0 Å². The first-order valence-electron chi connectivity index (χ1n) is 6.04. The van der Waals surface area contributed by atoms with Crippen molar-refractivity contribution in [2.75, 3.05) is 19.6 Å². The van der Waals surface area contributed by atoms with Crippen LogP contribution in [0.15, 0.2) is 29.3 Å². The Bertz CT molecular complexity index is 487. The molecule has 0 aromatic carbocycles. The molecule has 3 heterocycles. The average Bonchev–Trinajstić information content (AvgIpc) is 2.93. The van der Waals surface area contributed by atoms with Gasteiger partial charge in [-0.15, -0.1) is 5.10 Å². The Balaban J connectivity index is 1.38. The number of likely N-dealkylation sites (tertiary alicyclic amines) is 1. The molecule has 0 atom stereocenters. The standard InChI is InChI=1S/C11H15BrN6/c12-11-5-14-18(9-11)8-10-6-16(7-10)3-4-17-2-1-13-15-17/h1-2,5,9-10H,3-4,6-8H2. The lowest BCUT2D eigenvalue weighted by Gasteiger charge is -2.39. The minimum Gasteiger partial charge on any atom is -0.301 e. The molecule has 1 saturated heterocycles. The molecule has 1 aliphatic heterocycles. The maximum atomic E-state index is 4.28. The van der Waals surface area contributed by atoms with Gasteiger partial charge >= 0.3 is 0 Å². The van der Waals surface area contributed by atoms with Crippen molar-refractivity contribution in [2.45, 2.75) is 13.1 Å². The highest BCUT2D eigenvalue weighted by Gasteiger charge is 2.26. The molecular weight excluding hydrogens is 296 g/mol. The highest BCUT2D eigenvalue weighted by atomic mass is 79.9. The summed E-state index contributed by atoms with van der Waals surface area (Å²) in [6.07, 6.45) is 7.48. The summed E-state index contributed by atoms with van der Waals surface area (Å²) < 4.78 is 4.92. The molecule has 18 heavy (non-hydrogen) atoms. The summed E-state index contributed by atoms with van der Waals surface area (Å²) in [5.74, 6) is 0.715. The van der Waals surface area contributed by atoms with E-state index in [1.165, 1.54) is 0 Å². The minimum atomic E-state index is 0.715. The van der Waals surface area contributed by atoms with Crippen LogP contribution in [0.3, 0.4) is 0 Å². The molecule has 0 amide bonds. The molecule has 1 aliphatic rings. The Morgan fingerprint density at radius 1 is 1.28 bits per heavy atom. The van der Waals surface area contributed by atoms with E-state index in [1.54, 1.807) is 6.20 Å². The first-order chi connectivity index (χ1) is 8.79. The van der Waals surface area contributed by atoms with Gasteiger partial charge in [-0.3, -0.25) is 9.36 Å². The van der Waals surface area contributed by atoms with E-state index in [1.807, 2.05) is 28.0 Å². The molecule has 0 unspecified atom stereocenters. The summed E-state index contributed by atoms with van der Waals surface area (Å²) in [6, 6.07) is 0. The first-order valence-corrected chi connectivity index (χ1v) is 6.83. The van der Waals surface area contributed by atoms with Crippen molar-refractivity contribution in [1.82, 2.24) is 29.7 Å². The molecule has 2 aromatic rings. The summed E-state index contributed by atoms with van der Waals surface area (Å²) in [7, 11) is 0. The van der Waals surface area contributed by atoms with Gasteiger partial charge in [0.25, 0.3) is 0 Å². The minimum absolute atomic E-state index is 0.715. The Labute approximate surface area is 114 Å². The fourth-order valence-corrected chi connectivity index (χ4v) is 2.60. The molecule has 7 heteroatoms. The van der Waals surface area contributed by atoms with Gasteiger partial charge in [0.1, 0.15) is 0 Å². The van der Waals surface area contributed by atoms with Gasteiger partial charge in [-0.05, 0) is 15.9 Å². The summed E-state index contributed by atoms with van der Waals surface area (Å²) in [6.45, 7) is 5.26. The Hall–Kier alpha value is -1.21. The van der Waals surface area contributed by atoms with Crippen molar-refractivity contribution in [3.05, 3.63) is 29.3 Å². The third kappa shape index (κ3) is 2.78. The third-order valence-electron chi connectivity index (χ3n) is 3.20. The molecule has 2 aromatic heterocycles. The second-order valence-corrected chi connectivity index (χ2v) is 5.59. The van der Waals surface area contributed by atoms with Gasteiger partial charge in [-0.1, -0.05) is 5.21 Å². The van der Waals surface area contributed by atoms with Crippen LogP contribution in [0.4, 0.5) is 0 Å². The quantitative estimate of drug-likeness (QED) is 0.822. The Morgan fingerprint density at radius 2 is 2.17 bits per heavy atom. The van der Waals surface area contributed by atoms with Crippen molar-refractivity contribution in [2.24, 2.45) is 5.92 Å². The van der Waals surface area contributed by atoms with E-state index in [-0.39, 0.29) is 0 Å². The summed E-state index contributed by atoms with van der Waals surface area (Å²) in [4.78, 5) is 2.44. The Kier molecular flexibility index (Phi) is 3.42. The number of aromatic nitrogens is 5. The van der Waals surface area contributed by atoms with Crippen molar-refractivity contribution in [3.63, 3.8) is 0 Å². The van der Waals surface area contributed by atoms with Gasteiger partial charge < -0.3 is 4.90 Å². The van der Waals surface area contributed by atoms with Crippen LogP contribution in [0.1, 0.15) is 0 Å². The van der Waals surface area contributed by atoms with Crippen LogP contribution in [0, 0.1) is 5.92 Å². The van der Waals surface area contributed by atoms with Gasteiger partial charge in [0.05, 0.1) is 23.4 Å². The lowest BCUT2D eigenvalue weighted by atomic mass is 10.0. The number of hydrogen-bond donors (Lipinski definition) is 0. The zero-order chi connectivity index (χ0) is 12.4. The van der Waals surface area contributed by atoms with Crippen molar-refractivity contribution < 1.29 is 0 Å². The largest absolute Gasteiger partial charge is 0.301 e. The maximum Gasteiger partial charge on any atom is 0.0692 e. The highest BCUT2D eigenvalue weighted by Crippen LogP contribution is 2.18. The van der Waals surface area contributed by atoms with Gasteiger partial charge in [0.2, 0.25) is 0 Å². The van der Waals surface area contributed by atoms with Crippen molar-refractivity contribution >= 4 is 15.9 Å². The molecule has 0 bridgehead atoms. The summed E-state index contributed by atoms with van der Waals surface area (Å²) in [5.41, 5.74) is 0. The predicted octanol–water partition coefficient (Wildman–Crippen LogP) is 0.869. The summed E-state index contributed by atoms with van der Waals surface area (Å²) >= 11 is 3.41. The van der Waals surface area contributed by atoms with Gasteiger partial charge in [-0.25, -0.2) is 0 Å². The number of hydrogen-bond acceptors (Lipinski definition) is 4. The fourth-order valence-electron chi connectivity index (χ4n) is 2.27. The number of rotatable bonds is 5. The predicted molar refractivity (Wildman–Crippen MR) is 69.9 cm³/mol. The SMILES string of the molecule is Brc1cnn(CC2CN(CCn3ccnn3)C2)c1. The molecular formula is C11H15BrN6. The molecule has 96 valence electrons. The topological polar surface area (TPSA) is 51.8 Å². The van der Waals surface area contributed by atoms with Crippen LogP contribution >= 0.6 is 15.9 Å². The molecule has 0 spiro atoms. The second kappa shape index (κ2) is 5.19. The highest BCUT2D eigenvalue weighted by molar-refractivity contribution is 9.10. The van der Waals surface area contributed by atoms with Crippen molar-refractivity contribution in [1.29, 1.82) is 0 Å². The fraction of sp³-hybridized carbons (Fsp3) is 0.545.